The molecule has 0 unspecified atom stereocenters. The van der Waals surface area contributed by atoms with Gasteiger partial charge in [0.1, 0.15) is 34.9 Å². The Hall–Kier alpha value is -3.35. The van der Waals surface area contributed by atoms with Crippen LogP contribution in [0.25, 0.3) is 27.8 Å². The van der Waals surface area contributed by atoms with Gasteiger partial charge in [-0.15, -0.1) is 0 Å². The summed E-state index contributed by atoms with van der Waals surface area (Å²) in [6.07, 6.45) is 8.19. The number of H-pyrrole nitrogens is 1. The fraction of sp³-hybridized carbons (Fsp3) is 0.318. The standard InChI is InChI=1S/C22H23N5O2/c1-22(12-28)7-5-13(6-8-22)21-26-18(19-20(23)24-9-10-27(19)21)15-11-14-3-2-4-16(29)17(14)25-15/h2-4,9-13,25,29H,5-8H2,1H3,(H2,23,24). The summed E-state index contributed by atoms with van der Waals surface area (Å²) in [4.78, 5) is 23.9. The van der Waals surface area contributed by atoms with Gasteiger partial charge in [-0.2, -0.15) is 0 Å². The highest BCUT2D eigenvalue weighted by Gasteiger charge is 2.33. The molecule has 0 amide bonds. The van der Waals surface area contributed by atoms with Crippen molar-refractivity contribution in [1.82, 2.24) is 19.4 Å². The minimum atomic E-state index is -0.234. The van der Waals surface area contributed by atoms with Crippen molar-refractivity contribution in [2.24, 2.45) is 5.41 Å². The Balaban J connectivity index is 1.65. The molecule has 1 fully saturated rings. The maximum Gasteiger partial charge on any atom is 0.150 e. The first-order chi connectivity index (χ1) is 14.0. The SMILES string of the molecule is CC1(C=O)CCC(c2nc(-c3cc4cccc(O)c4[nH]3)c3c(N)nccn23)CC1. The van der Waals surface area contributed by atoms with Crippen LogP contribution >= 0.6 is 0 Å². The summed E-state index contributed by atoms with van der Waals surface area (Å²) in [6.45, 7) is 2.03. The third kappa shape index (κ3) is 2.76. The Kier molecular flexibility index (Phi) is 3.87. The maximum atomic E-state index is 11.4. The summed E-state index contributed by atoms with van der Waals surface area (Å²) in [5.41, 5.74) is 8.96. The highest BCUT2D eigenvalue weighted by atomic mass is 16.3. The quantitative estimate of drug-likeness (QED) is 0.458. The molecule has 4 aromatic rings. The normalized spacial score (nSPS) is 22.3. The van der Waals surface area contributed by atoms with E-state index in [2.05, 4.69) is 9.97 Å². The Labute approximate surface area is 167 Å². The molecule has 0 bridgehead atoms. The van der Waals surface area contributed by atoms with E-state index in [0.29, 0.717) is 11.3 Å². The second-order valence-corrected chi connectivity index (χ2v) is 8.32. The van der Waals surface area contributed by atoms with Gasteiger partial charge in [-0.3, -0.25) is 4.40 Å². The molecule has 0 radical (unpaired) electrons. The first kappa shape index (κ1) is 17.7. The third-order valence-electron chi connectivity index (χ3n) is 6.28. The molecular formula is C22H23N5O2. The lowest BCUT2D eigenvalue weighted by atomic mass is 9.72. The molecule has 29 heavy (non-hydrogen) atoms. The summed E-state index contributed by atoms with van der Waals surface area (Å²) in [6, 6.07) is 7.38. The predicted molar refractivity (Wildman–Crippen MR) is 112 cm³/mol. The number of fused-ring (bicyclic) bond motifs is 2. The van der Waals surface area contributed by atoms with Crippen LogP contribution in [0.4, 0.5) is 5.82 Å². The van der Waals surface area contributed by atoms with Crippen molar-refractivity contribution in [3.63, 3.8) is 0 Å². The molecule has 5 rings (SSSR count). The second-order valence-electron chi connectivity index (χ2n) is 8.32. The largest absolute Gasteiger partial charge is 0.506 e. The van der Waals surface area contributed by atoms with E-state index >= 15 is 0 Å². The lowest BCUT2D eigenvalue weighted by Gasteiger charge is -2.32. The van der Waals surface area contributed by atoms with E-state index in [-0.39, 0.29) is 17.1 Å². The van der Waals surface area contributed by atoms with E-state index in [1.165, 1.54) is 0 Å². The number of carbonyl (C=O) groups is 1. The number of phenolic OH excluding ortho intramolecular Hbond substituents is 1. The monoisotopic (exact) mass is 389 g/mol. The van der Waals surface area contributed by atoms with Gasteiger partial charge in [0, 0.05) is 29.1 Å². The van der Waals surface area contributed by atoms with Crippen molar-refractivity contribution >= 4 is 28.5 Å². The molecule has 7 nitrogen and oxygen atoms in total. The van der Waals surface area contributed by atoms with E-state index < -0.39 is 0 Å². The number of aromatic nitrogens is 4. The van der Waals surface area contributed by atoms with Gasteiger partial charge in [-0.05, 0) is 37.8 Å². The van der Waals surface area contributed by atoms with Gasteiger partial charge in [0.2, 0.25) is 0 Å². The number of nitrogens with two attached hydrogens (primary N) is 1. The third-order valence-corrected chi connectivity index (χ3v) is 6.28. The number of hydrogen-bond donors (Lipinski definition) is 3. The molecule has 1 aliphatic carbocycles. The molecule has 3 aromatic heterocycles. The number of nitrogens with one attached hydrogen (secondary N) is 1. The smallest absolute Gasteiger partial charge is 0.150 e. The number of imidazole rings is 1. The van der Waals surface area contributed by atoms with E-state index in [1.54, 1.807) is 12.3 Å². The molecule has 1 saturated carbocycles. The highest BCUT2D eigenvalue weighted by molar-refractivity contribution is 5.93. The number of anilines is 1. The van der Waals surface area contributed by atoms with Crippen molar-refractivity contribution in [3.05, 3.63) is 42.5 Å². The minimum absolute atomic E-state index is 0.198. The Morgan fingerprint density at radius 2 is 2.14 bits per heavy atom. The van der Waals surface area contributed by atoms with E-state index in [4.69, 9.17) is 10.7 Å². The number of benzene rings is 1. The van der Waals surface area contributed by atoms with Crippen LogP contribution in [0.3, 0.4) is 0 Å². The summed E-state index contributed by atoms with van der Waals surface area (Å²) >= 11 is 0. The molecule has 0 atom stereocenters. The molecule has 0 spiro atoms. The summed E-state index contributed by atoms with van der Waals surface area (Å²) < 4.78 is 2.03. The summed E-state index contributed by atoms with van der Waals surface area (Å²) in [7, 11) is 0. The molecule has 1 aromatic carbocycles. The van der Waals surface area contributed by atoms with Crippen LogP contribution in [0.15, 0.2) is 36.7 Å². The minimum Gasteiger partial charge on any atom is -0.506 e. The van der Waals surface area contributed by atoms with Crippen molar-refractivity contribution in [1.29, 1.82) is 0 Å². The lowest BCUT2D eigenvalue weighted by Crippen LogP contribution is -2.25. The lowest BCUT2D eigenvalue weighted by molar-refractivity contribution is -0.117. The Morgan fingerprint density at radius 3 is 2.86 bits per heavy atom. The van der Waals surface area contributed by atoms with Crippen LogP contribution in [0.5, 0.6) is 5.75 Å². The Bertz CT molecular complexity index is 1230. The fourth-order valence-corrected chi connectivity index (χ4v) is 4.48. The van der Waals surface area contributed by atoms with Crippen LogP contribution < -0.4 is 5.73 Å². The van der Waals surface area contributed by atoms with E-state index in [1.807, 2.05) is 35.7 Å². The average Bonchev–Trinajstić information content (AvgIpc) is 3.32. The number of aromatic amines is 1. The van der Waals surface area contributed by atoms with Gasteiger partial charge in [0.15, 0.2) is 0 Å². The van der Waals surface area contributed by atoms with Crippen molar-refractivity contribution in [2.75, 3.05) is 5.73 Å². The van der Waals surface area contributed by atoms with Gasteiger partial charge in [0.25, 0.3) is 0 Å². The number of carbonyl (C=O) groups excluding carboxylic acids is 1. The van der Waals surface area contributed by atoms with Gasteiger partial charge < -0.3 is 20.6 Å². The molecule has 1 aliphatic rings. The van der Waals surface area contributed by atoms with E-state index in [0.717, 1.165) is 60.1 Å². The number of nitrogen functional groups attached to an aromatic ring is 1. The molecule has 0 aliphatic heterocycles. The first-order valence-electron chi connectivity index (χ1n) is 9.89. The molecule has 7 heteroatoms. The van der Waals surface area contributed by atoms with Crippen molar-refractivity contribution in [3.8, 4) is 17.1 Å². The second kappa shape index (κ2) is 6.34. The van der Waals surface area contributed by atoms with Crippen LogP contribution in [0, 0.1) is 5.41 Å². The maximum absolute atomic E-state index is 11.4. The molecule has 3 heterocycles. The van der Waals surface area contributed by atoms with Crippen LogP contribution in [0.1, 0.15) is 44.3 Å². The number of rotatable bonds is 3. The number of phenols is 1. The first-order valence-corrected chi connectivity index (χ1v) is 9.89. The number of para-hydroxylation sites is 1. The van der Waals surface area contributed by atoms with Crippen LogP contribution in [0.2, 0.25) is 0 Å². The fourth-order valence-electron chi connectivity index (χ4n) is 4.48. The van der Waals surface area contributed by atoms with Gasteiger partial charge in [-0.25, -0.2) is 9.97 Å². The van der Waals surface area contributed by atoms with Gasteiger partial charge >= 0.3 is 0 Å². The Morgan fingerprint density at radius 1 is 1.34 bits per heavy atom. The van der Waals surface area contributed by atoms with Crippen molar-refractivity contribution in [2.45, 2.75) is 38.5 Å². The summed E-state index contributed by atoms with van der Waals surface area (Å²) in [5.74, 6) is 1.81. The number of aromatic hydroxyl groups is 1. The number of aldehydes is 1. The molecule has 0 saturated heterocycles. The molecule has 4 N–H and O–H groups in total. The average molecular weight is 389 g/mol. The predicted octanol–water partition coefficient (Wildman–Crippen LogP) is 4.03. The molecular weight excluding hydrogens is 366 g/mol. The summed E-state index contributed by atoms with van der Waals surface area (Å²) in [5, 5.41) is 11.1. The van der Waals surface area contributed by atoms with Gasteiger partial charge in [-0.1, -0.05) is 19.1 Å². The zero-order chi connectivity index (χ0) is 20.2. The van der Waals surface area contributed by atoms with E-state index in [9.17, 15) is 9.90 Å². The van der Waals surface area contributed by atoms with Gasteiger partial charge in [0.05, 0.1) is 11.2 Å². The number of hydrogen-bond acceptors (Lipinski definition) is 5. The number of nitrogens with zero attached hydrogens (tertiary/aromatic N) is 3. The topological polar surface area (TPSA) is 109 Å². The van der Waals surface area contributed by atoms with Crippen LogP contribution in [-0.2, 0) is 4.79 Å². The van der Waals surface area contributed by atoms with Crippen LogP contribution in [-0.4, -0.2) is 30.7 Å². The zero-order valence-corrected chi connectivity index (χ0v) is 16.2. The highest BCUT2D eigenvalue weighted by Crippen LogP contribution is 2.43. The zero-order valence-electron chi connectivity index (χ0n) is 16.2. The van der Waals surface area contributed by atoms with Crippen molar-refractivity contribution < 1.29 is 9.90 Å². The molecule has 148 valence electrons.